The zero-order chi connectivity index (χ0) is 13.3. The summed E-state index contributed by atoms with van der Waals surface area (Å²) < 4.78 is 0. The van der Waals surface area contributed by atoms with Crippen LogP contribution in [0.15, 0.2) is 18.2 Å². The van der Waals surface area contributed by atoms with Crippen LogP contribution in [0.3, 0.4) is 0 Å². The van der Waals surface area contributed by atoms with Gasteiger partial charge >= 0.3 is 0 Å². The Balaban J connectivity index is 0.00000180. The molecule has 1 amide bonds. The first-order chi connectivity index (χ1) is 8.49. The summed E-state index contributed by atoms with van der Waals surface area (Å²) in [6.45, 7) is 7.69. The van der Waals surface area contributed by atoms with Crippen molar-refractivity contribution in [2.24, 2.45) is 0 Å². The van der Waals surface area contributed by atoms with Gasteiger partial charge in [0.05, 0.1) is 0 Å². The summed E-state index contributed by atoms with van der Waals surface area (Å²) in [4.78, 5) is 14.5. The summed E-state index contributed by atoms with van der Waals surface area (Å²) in [6, 6.07) is 6.03. The van der Waals surface area contributed by atoms with Gasteiger partial charge in [0.1, 0.15) is 0 Å². The molecule has 5 heteroatoms. The third kappa shape index (κ3) is 3.62. The molecule has 2 atom stereocenters. The normalized spacial score (nSPS) is 22.8. The number of nitrogens with one attached hydrogen (secondary N) is 1. The fraction of sp³-hybridized carbons (Fsp3) is 0.500. The van der Waals surface area contributed by atoms with E-state index < -0.39 is 0 Å². The fourth-order valence-electron chi connectivity index (χ4n) is 2.28. The maximum atomic E-state index is 12.6. The van der Waals surface area contributed by atoms with Crippen molar-refractivity contribution in [3.05, 3.63) is 34.3 Å². The summed E-state index contributed by atoms with van der Waals surface area (Å²) in [5, 5.41) is 3.98. The summed E-state index contributed by atoms with van der Waals surface area (Å²) in [7, 11) is 0. The van der Waals surface area contributed by atoms with Crippen LogP contribution >= 0.6 is 24.0 Å². The molecule has 1 saturated heterocycles. The molecule has 0 radical (unpaired) electrons. The smallest absolute Gasteiger partial charge is 0.254 e. The van der Waals surface area contributed by atoms with Crippen molar-refractivity contribution in [3.8, 4) is 0 Å². The SMILES string of the molecule is Cc1ccc(Cl)cc1C(=O)N1CC(C)NCC1C.Cl. The average molecular weight is 303 g/mol. The Bertz CT molecular complexity index is 465. The predicted octanol–water partition coefficient (Wildman–Crippen LogP) is 2.89. The number of carbonyl (C=O) groups is 1. The predicted molar refractivity (Wildman–Crippen MR) is 81.4 cm³/mol. The Labute approximate surface area is 125 Å². The van der Waals surface area contributed by atoms with Gasteiger partial charge < -0.3 is 10.2 Å². The zero-order valence-corrected chi connectivity index (χ0v) is 13.0. The average Bonchev–Trinajstić information content (AvgIpc) is 2.34. The highest BCUT2D eigenvalue weighted by Gasteiger charge is 2.28. The van der Waals surface area contributed by atoms with Crippen LogP contribution in [0.4, 0.5) is 0 Å². The number of hydrogen-bond acceptors (Lipinski definition) is 2. The van der Waals surface area contributed by atoms with Crippen molar-refractivity contribution in [3.63, 3.8) is 0 Å². The van der Waals surface area contributed by atoms with E-state index in [0.29, 0.717) is 16.6 Å². The number of halogens is 2. The van der Waals surface area contributed by atoms with Crippen molar-refractivity contribution in [2.75, 3.05) is 13.1 Å². The van der Waals surface area contributed by atoms with Crippen LogP contribution < -0.4 is 5.32 Å². The monoisotopic (exact) mass is 302 g/mol. The van der Waals surface area contributed by atoms with E-state index >= 15 is 0 Å². The molecule has 1 aliphatic heterocycles. The molecule has 3 nitrogen and oxygen atoms in total. The van der Waals surface area contributed by atoms with Gasteiger partial charge in [-0.3, -0.25) is 4.79 Å². The van der Waals surface area contributed by atoms with E-state index in [4.69, 9.17) is 11.6 Å². The minimum absolute atomic E-state index is 0. The first kappa shape index (κ1) is 16.3. The van der Waals surface area contributed by atoms with Crippen molar-refractivity contribution in [2.45, 2.75) is 32.9 Å². The fourth-order valence-corrected chi connectivity index (χ4v) is 2.46. The zero-order valence-electron chi connectivity index (χ0n) is 11.4. The van der Waals surface area contributed by atoms with Crippen molar-refractivity contribution in [1.29, 1.82) is 0 Å². The molecule has 0 bridgehead atoms. The van der Waals surface area contributed by atoms with Gasteiger partial charge in [0, 0.05) is 35.8 Å². The lowest BCUT2D eigenvalue weighted by molar-refractivity contribution is 0.0615. The quantitative estimate of drug-likeness (QED) is 0.865. The van der Waals surface area contributed by atoms with Crippen LogP contribution in [0, 0.1) is 6.92 Å². The van der Waals surface area contributed by atoms with Crippen molar-refractivity contribution < 1.29 is 4.79 Å². The highest BCUT2D eigenvalue weighted by Crippen LogP contribution is 2.19. The number of benzene rings is 1. The number of carbonyl (C=O) groups excluding carboxylic acids is 1. The summed E-state index contributed by atoms with van der Waals surface area (Å²) in [5.41, 5.74) is 1.69. The largest absolute Gasteiger partial charge is 0.333 e. The third-order valence-corrected chi connectivity index (χ3v) is 3.69. The number of hydrogen-bond donors (Lipinski definition) is 1. The molecule has 19 heavy (non-hydrogen) atoms. The Morgan fingerprint density at radius 2 is 2.11 bits per heavy atom. The highest BCUT2D eigenvalue weighted by atomic mass is 35.5. The van der Waals surface area contributed by atoms with Crippen LogP contribution in [-0.2, 0) is 0 Å². The number of rotatable bonds is 1. The minimum atomic E-state index is 0. The van der Waals surface area contributed by atoms with Gasteiger partial charge in [-0.05, 0) is 38.5 Å². The van der Waals surface area contributed by atoms with E-state index in [9.17, 15) is 4.79 Å². The molecule has 0 saturated carbocycles. The van der Waals surface area contributed by atoms with Crippen molar-refractivity contribution in [1.82, 2.24) is 10.2 Å². The van der Waals surface area contributed by atoms with E-state index in [0.717, 1.165) is 18.7 Å². The van der Waals surface area contributed by atoms with Crippen LogP contribution in [0.5, 0.6) is 0 Å². The number of piperazine rings is 1. The lowest BCUT2D eigenvalue weighted by Gasteiger charge is -2.37. The van der Waals surface area contributed by atoms with Crippen LogP contribution in [0.2, 0.25) is 5.02 Å². The molecule has 1 aromatic carbocycles. The van der Waals surface area contributed by atoms with E-state index in [1.54, 1.807) is 6.07 Å². The van der Waals surface area contributed by atoms with Gasteiger partial charge in [-0.15, -0.1) is 12.4 Å². The lowest BCUT2D eigenvalue weighted by atomic mass is 10.0. The summed E-state index contributed by atoms with van der Waals surface area (Å²) in [6.07, 6.45) is 0. The molecule has 0 spiro atoms. The standard InChI is InChI=1S/C14H19ClN2O.ClH/c1-9-4-5-12(15)6-13(9)14(18)17-8-10(2)16-7-11(17)3;/h4-6,10-11,16H,7-8H2,1-3H3;1H. The third-order valence-electron chi connectivity index (χ3n) is 3.46. The first-order valence-corrected chi connectivity index (χ1v) is 6.67. The molecule has 106 valence electrons. The Kier molecular flexibility index (Phi) is 5.65. The molecule has 0 aliphatic carbocycles. The molecule has 1 N–H and O–H groups in total. The second-order valence-electron chi connectivity index (χ2n) is 5.08. The second kappa shape index (κ2) is 6.60. The molecule has 2 unspecified atom stereocenters. The molecule has 1 aliphatic rings. The molecular formula is C14H20Cl2N2O. The first-order valence-electron chi connectivity index (χ1n) is 6.29. The van der Waals surface area contributed by atoms with Gasteiger partial charge in [0.2, 0.25) is 0 Å². The Morgan fingerprint density at radius 1 is 1.42 bits per heavy atom. The Morgan fingerprint density at radius 3 is 2.79 bits per heavy atom. The highest BCUT2D eigenvalue weighted by molar-refractivity contribution is 6.31. The van der Waals surface area contributed by atoms with E-state index in [1.807, 2.05) is 24.0 Å². The van der Waals surface area contributed by atoms with E-state index in [-0.39, 0.29) is 24.4 Å². The molecule has 1 heterocycles. The molecule has 2 rings (SSSR count). The number of amides is 1. The number of nitrogens with zero attached hydrogens (tertiary/aromatic N) is 1. The molecule has 1 aromatic rings. The molecular weight excluding hydrogens is 283 g/mol. The van der Waals surface area contributed by atoms with Gasteiger partial charge in [-0.2, -0.15) is 0 Å². The maximum Gasteiger partial charge on any atom is 0.254 e. The molecule has 0 aromatic heterocycles. The minimum Gasteiger partial charge on any atom is -0.333 e. The van der Waals surface area contributed by atoms with Crippen LogP contribution in [0.1, 0.15) is 29.8 Å². The number of aryl methyl sites for hydroxylation is 1. The van der Waals surface area contributed by atoms with Gasteiger partial charge in [-0.25, -0.2) is 0 Å². The topological polar surface area (TPSA) is 32.3 Å². The van der Waals surface area contributed by atoms with Crippen LogP contribution in [0.25, 0.3) is 0 Å². The van der Waals surface area contributed by atoms with Crippen LogP contribution in [-0.4, -0.2) is 36.0 Å². The van der Waals surface area contributed by atoms with Gasteiger partial charge in [0.25, 0.3) is 5.91 Å². The van der Waals surface area contributed by atoms with Gasteiger partial charge in [0.15, 0.2) is 0 Å². The summed E-state index contributed by atoms with van der Waals surface area (Å²) in [5.74, 6) is 0.0795. The van der Waals surface area contributed by atoms with Gasteiger partial charge in [-0.1, -0.05) is 17.7 Å². The van der Waals surface area contributed by atoms with Crippen molar-refractivity contribution >= 4 is 29.9 Å². The second-order valence-corrected chi connectivity index (χ2v) is 5.51. The Hall–Kier alpha value is -0.770. The maximum absolute atomic E-state index is 12.6. The lowest BCUT2D eigenvalue weighted by Crippen LogP contribution is -2.56. The van der Waals surface area contributed by atoms with E-state index in [2.05, 4.69) is 19.2 Å². The summed E-state index contributed by atoms with van der Waals surface area (Å²) >= 11 is 5.98. The van der Waals surface area contributed by atoms with E-state index in [1.165, 1.54) is 0 Å². The molecule has 1 fully saturated rings.